The maximum atomic E-state index is 13.2. The highest BCUT2D eigenvalue weighted by molar-refractivity contribution is 5.81. The minimum atomic E-state index is -0.407. The first-order chi connectivity index (χ1) is 6.56. The average molecular weight is 195 g/mol. The molecule has 0 aromatic heterocycles. The molecule has 3 heteroatoms. The summed E-state index contributed by atoms with van der Waals surface area (Å²) in [7, 11) is 0. The van der Waals surface area contributed by atoms with Gasteiger partial charge in [-0.15, -0.1) is 0 Å². The minimum Gasteiger partial charge on any atom is -0.369 e. The second kappa shape index (κ2) is 4.22. The third kappa shape index (κ3) is 2.10. The molecule has 1 amide bonds. The summed E-state index contributed by atoms with van der Waals surface area (Å²) in [4.78, 5) is 11.0. The number of hydrogen-bond donors (Lipinski definition) is 1. The third-order valence-corrected chi connectivity index (χ3v) is 2.35. The number of carbonyl (C=O) groups excluding carboxylic acids is 1. The molecule has 0 spiro atoms. The van der Waals surface area contributed by atoms with Crippen LogP contribution in [0, 0.1) is 12.7 Å². The van der Waals surface area contributed by atoms with E-state index in [0.29, 0.717) is 17.5 Å². The van der Waals surface area contributed by atoms with Crippen LogP contribution in [0.25, 0.3) is 0 Å². The maximum absolute atomic E-state index is 13.2. The average Bonchev–Trinajstić information content (AvgIpc) is 2.11. The van der Waals surface area contributed by atoms with Crippen molar-refractivity contribution < 1.29 is 9.18 Å². The van der Waals surface area contributed by atoms with E-state index in [9.17, 15) is 9.18 Å². The highest BCUT2D eigenvalue weighted by Gasteiger charge is 2.16. The van der Waals surface area contributed by atoms with Gasteiger partial charge in [0, 0.05) is 0 Å². The summed E-state index contributed by atoms with van der Waals surface area (Å²) in [6, 6.07) is 4.79. The zero-order valence-corrected chi connectivity index (χ0v) is 8.38. The first-order valence-electron chi connectivity index (χ1n) is 4.61. The Hall–Kier alpha value is -1.38. The first-order valence-corrected chi connectivity index (χ1v) is 4.61. The van der Waals surface area contributed by atoms with Gasteiger partial charge in [-0.2, -0.15) is 0 Å². The highest BCUT2D eigenvalue weighted by Crippen LogP contribution is 2.21. The fraction of sp³-hybridized carbons (Fsp3) is 0.364. The van der Waals surface area contributed by atoms with Gasteiger partial charge >= 0.3 is 0 Å². The zero-order valence-electron chi connectivity index (χ0n) is 8.38. The van der Waals surface area contributed by atoms with Crippen molar-refractivity contribution in [3.8, 4) is 0 Å². The molecule has 0 aliphatic heterocycles. The molecule has 0 aliphatic carbocycles. The van der Waals surface area contributed by atoms with Gasteiger partial charge in [-0.25, -0.2) is 4.39 Å². The number of benzene rings is 1. The van der Waals surface area contributed by atoms with E-state index in [4.69, 9.17) is 5.73 Å². The maximum Gasteiger partial charge on any atom is 0.224 e. The van der Waals surface area contributed by atoms with Gasteiger partial charge in [0.1, 0.15) is 5.82 Å². The predicted octanol–water partition coefficient (Wildman–Crippen LogP) is 2.11. The van der Waals surface area contributed by atoms with Crippen molar-refractivity contribution in [1.82, 2.24) is 0 Å². The fourth-order valence-corrected chi connectivity index (χ4v) is 1.43. The van der Waals surface area contributed by atoms with Crippen molar-refractivity contribution in [2.75, 3.05) is 0 Å². The van der Waals surface area contributed by atoms with E-state index >= 15 is 0 Å². The molecular weight excluding hydrogens is 181 g/mol. The number of nitrogens with two attached hydrogens (primary N) is 1. The van der Waals surface area contributed by atoms with E-state index in [1.807, 2.05) is 6.92 Å². The van der Waals surface area contributed by atoms with Crippen molar-refractivity contribution >= 4 is 5.91 Å². The lowest BCUT2D eigenvalue weighted by molar-refractivity contribution is -0.119. The lowest BCUT2D eigenvalue weighted by Gasteiger charge is -2.11. The van der Waals surface area contributed by atoms with E-state index in [2.05, 4.69) is 0 Å². The molecule has 1 atom stereocenters. The summed E-state index contributed by atoms with van der Waals surface area (Å²) in [5, 5.41) is 0. The molecule has 2 nitrogen and oxygen atoms in total. The lowest BCUT2D eigenvalue weighted by Crippen LogP contribution is -2.20. The Morgan fingerprint density at radius 3 is 2.64 bits per heavy atom. The molecule has 2 N–H and O–H groups in total. The topological polar surface area (TPSA) is 43.1 Å². The number of hydrogen-bond acceptors (Lipinski definition) is 1. The molecule has 0 heterocycles. The summed E-state index contributed by atoms with van der Waals surface area (Å²) >= 11 is 0. The van der Waals surface area contributed by atoms with Gasteiger partial charge in [0.25, 0.3) is 0 Å². The van der Waals surface area contributed by atoms with Crippen molar-refractivity contribution in [3.05, 3.63) is 35.1 Å². The summed E-state index contributed by atoms with van der Waals surface area (Å²) < 4.78 is 13.2. The van der Waals surface area contributed by atoms with Gasteiger partial charge in [-0.05, 0) is 30.5 Å². The van der Waals surface area contributed by atoms with E-state index < -0.39 is 5.91 Å². The van der Waals surface area contributed by atoms with Gasteiger partial charge in [-0.1, -0.05) is 19.1 Å². The Balaban J connectivity index is 3.06. The Morgan fingerprint density at radius 2 is 2.21 bits per heavy atom. The van der Waals surface area contributed by atoms with Crippen molar-refractivity contribution in [3.63, 3.8) is 0 Å². The molecule has 14 heavy (non-hydrogen) atoms. The number of rotatable bonds is 3. The highest BCUT2D eigenvalue weighted by atomic mass is 19.1. The molecule has 0 saturated heterocycles. The Labute approximate surface area is 82.9 Å². The summed E-state index contributed by atoms with van der Waals surface area (Å²) in [6.07, 6.45) is 0.595. The smallest absolute Gasteiger partial charge is 0.224 e. The number of amides is 1. The molecule has 0 saturated carbocycles. The van der Waals surface area contributed by atoms with E-state index in [1.54, 1.807) is 19.1 Å². The number of aryl methyl sites for hydroxylation is 1. The molecule has 1 unspecified atom stereocenters. The van der Waals surface area contributed by atoms with Crippen LogP contribution >= 0.6 is 0 Å². The molecule has 0 radical (unpaired) electrons. The van der Waals surface area contributed by atoms with Crippen LogP contribution in [0.4, 0.5) is 4.39 Å². The van der Waals surface area contributed by atoms with Crippen molar-refractivity contribution in [2.24, 2.45) is 5.73 Å². The van der Waals surface area contributed by atoms with Gasteiger partial charge < -0.3 is 5.73 Å². The second-order valence-electron chi connectivity index (χ2n) is 3.37. The van der Waals surface area contributed by atoms with Crippen molar-refractivity contribution in [1.29, 1.82) is 0 Å². The van der Waals surface area contributed by atoms with Gasteiger partial charge in [0.15, 0.2) is 0 Å². The molecule has 0 aliphatic rings. The monoisotopic (exact) mass is 195 g/mol. The largest absolute Gasteiger partial charge is 0.369 e. The number of carbonyl (C=O) groups is 1. The van der Waals surface area contributed by atoms with Crippen LogP contribution in [-0.4, -0.2) is 5.91 Å². The SMILES string of the molecule is CCC(C(N)=O)c1ccc(C)c(F)c1. The first kappa shape index (κ1) is 10.7. The normalized spacial score (nSPS) is 12.5. The number of halogens is 1. The summed E-state index contributed by atoms with van der Waals surface area (Å²) in [5.41, 5.74) is 6.44. The van der Waals surface area contributed by atoms with Crippen LogP contribution in [-0.2, 0) is 4.79 Å². The summed E-state index contributed by atoms with van der Waals surface area (Å²) in [5.74, 6) is -1.08. The van der Waals surface area contributed by atoms with E-state index in [1.165, 1.54) is 6.07 Å². The molecule has 76 valence electrons. The fourth-order valence-electron chi connectivity index (χ4n) is 1.43. The van der Waals surface area contributed by atoms with E-state index in [-0.39, 0.29) is 11.7 Å². The van der Waals surface area contributed by atoms with Crippen LogP contribution in [0.3, 0.4) is 0 Å². The molecule has 1 aromatic rings. The molecule has 1 rings (SSSR count). The van der Waals surface area contributed by atoms with E-state index in [0.717, 1.165) is 0 Å². The Morgan fingerprint density at radius 1 is 1.57 bits per heavy atom. The minimum absolute atomic E-state index is 0.290. The van der Waals surface area contributed by atoms with Crippen LogP contribution < -0.4 is 5.73 Å². The predicted molar refractivity (Wildman–Crippen MR) is 53.4 cm³/mol. The standard InChI is InChI=1S/C11H14FNO/c1-3-9(11(13)14)8-5-4-7(2)10(12)6-8/h4-6,9H,3H2,1-2H3,(H2,13,14). The molecule has 0 bridgehead atoms. The molecule has 0 fully saturated rings. The molecule has 1 aromatic carbocycles. The quantitative estimate of drug-likeness (QED) is 0.788. The number of primary amides is 1. The summed E-state index contributed by atoms with van der Waals surface area (Å²) in [6.45, 7) is 3.54. The van der Waals surface area contributed by atoms with Crippen molar-refractivity contribution in [2.45, 2.75) is 26.2 Å². The van der Waals surface area contributed by atoms with Crippen LogP contribution in [0.1, 0.15) is 30.4 Å². The van der Waals surface area contributed by atoms with Gasteiger partial charge in [0.2, 0.25) is 5.91 Å². The Kier molecular flexibility index (Phi) is 3.23. The lowest BCUT2D eigenvalue weighted by atomic mass is 9.95. The second-order valence-corrected chi connectivity index (χ2v) is 3.37. The third-order valence-electron chi connectivity index (χ3n) is 2.35. The van der Waals surface area contributed by atoms with Crippen LogP contribution in [0.2, 0.25) is 0 Å². The van der Waals surface area contributed by atoms with Gasteiger partial charge in [-0.3, -0.25) is 4.79 Å². The Bertz CT molecular complexity index is 349. The van der Waals surface area contributed by atoms with Crippen LogP contribution in [0.15, 0.2) is 18.2 Å². The van der Waals surface area contributed by atoms with Gasteiger partial charge in [0.05, 0.1) is 5.92 Å². The molecular formula is C11H14FNO. The zero-order chi connectivity index (χ0) is 10.7. The van der Waals surface area contributed by atoms with Crippen LogP contribution in [0.5, 0.6) is 0 Å².